The number of aromatic nitrogens is 4. The average Bonchev–Trinajstić information content (AvgIpc) is 2.79. The number of hydrogen-bond donors (Lipinski definition) is 0. The van der Waals surface area contributed by atoms with Crippen LogP contribution in [0.25, 0.3) is 0 Å². The van der Waals surface area contributed by atoms with E-state index in [1.807, 2.05) is 0 Å². The molecule has 0 N–H and O–H groups in total. The van der Waals surface area contributed by atoms with Crippen LogP contribution in [0.5, 0.6) is 0 Å². The second-order valence-electron chi connectivity index (χ2n) is 5.73. The molecule has 0 bridgehead atoms. The van der Waals surface area contributed by atoms with Gasteiger partial charge in [-0.15, -0.1) is 0 Å². The first-order valence-electron chi connectivity index (χ1n) is 9.29. The van der Waals surface area contributed by atoms with Crippen LogP contribution in [0.1, 0.15) is 0 Å². The Balaban J connectivity index is -0.000000209. The van der Waals surface area contributed by atoms with Gasteiger partial charge in [-0.1, -0.05) is 92.8 Å². The van der Waals surface area contributed by atoms with E-state index in [4.69, 9.17) is 123 Å². The van der Waals surface area contributed by atoms with E-state index >= 15 is 0 Å². The molecule has 0 radical (unpaired) electrons. The quantitative estimate of drug-likeness (QED) is 0.0936. The molecular weight excluding hydrogens is 920 g/mol. The van der Waals surface area contributed by atoms with Crippen LogP contribution in [0.15, 0.2) is 73.8 Å². The zero-order valence-corrected chi connectivity index (χ0v) is 28.7. The summed E-state index contributed by atoms with van der Waals surface area (Å²) in [5.74, 6) is 0. The third kappa shape index (κ3) is 36.8. The van der Waals surface area contributed by atoms with Crippen LogP contribution in [-0.2, 0) is 44.8 Å². The van der Waals surface area contributed by atoms with Crippen molar-refractivity contribution < 1.29 is 54.9 Å². The molecule has 0 aliphatic heterocycles. The minimum atomic E-state index is -1.75. The van der Waals surface area contributed by atoms with E-state index in [0.29, 0.717) is 40.2 Å². The van der Waals surface area contributed by atoms with Crippen molar-refractivity contribution in [3.8, 4) is 0 Å². The van der Waals surface area contributed by atoms with E-state index in [9.17, 15) is 0 Å². The molecule has 12 nitrogen and oxygen atoms in total. The molecule has 4 rings (SSSR count). The van der Waals surface area contributed by atoms with Gasteiger partial charge in [-0.3, -0.25) is 19.9 Å². The standard InChI is InChI=1S/4C5H3Cl2N.2Ag.2NO3/c4*6-4-1-5(7)3-8-2-4;;;2*2-1(3)4/h4*1-3H;;;;/q;;;;2*+1;2*-1. The number of nitrogens with zero attached hydrogens (tertiary/aromatic N) is 6. The molecule has 22 heteroatoms. The molecule has 4 heterocycles. The molecule has 0 saturated heterocycles. The second-order valence-corrected chi connectivity index (χ2v) is 9.22. The van der Waals surface area contributed by atoms with Crippen LogP contribution >= 0.6 is 92.8 Å². The fourth-order valence-corrected chi connectivity index (χ4v) is 3.16. The Morgan fingerprint density at radius 2 is 0.476 bits per heavy atom. The first-order valence-corrected chi connectivity index (χ1v) is 12.3. The van der Waals surface area contributed by atoms with Crippen LogP contribution in [0.3, 0.4) is 0 Å². The van der Waals surface area contributed by atoms with Crippen molar-refractivity contribution in [1.29, 1.82) is 0 Å². The Kier molecular flexibility index (Phi) is 33.9. The monoisotopic (exact) mass is 926 g/mol. The third-order valence-corrected chi connectivity index (χ3v) is 4.34. The topological polar surface area (TPSA) is 184 Å². The third-order valence-electron chi connectivity index (χ3n) is 2.69. The fraction of sp³-hybridized carbons (Fsp3) is 0. The van der Waals surface area contributed by atoms with Crippen molar-refractivity contribution >= 4 is 92.8 Å². The number of rotatable bonds is 0. The summed E-state index contributed by atoms with van der Waals surface area (Å²) in [6, 6.07) is 6.54. The predicted molar refractivity (Wildman–Crippen MR) is 158 cm³/mol. The summed E-state index contributed by atoms with van der Waals surface area (Å²) >= 11 is 44.0. The van der Waals surface area contributed by atoms with Crippen molar-refractivity contribution in [3.05, 3.63) is 145 Å². The molecule has 0 saturated carbocycles. The van der Waals surface area contributed by atoms with Crippen molar-refractivity contribution in [3.63, 3.8) is 0 Å². The number of halogens is 8. The zero-order valence-electron chi connectivity index (χ0n) is 19.7. The first-order chi connectivity index (χ1) is 18.6. The van der Waals surface area contributed by atoms with E-state index in [-0.39, 0.29) is 44.8 Å². The molecule has 0 fully saturated rings. The molecule has 0 aliphatic carbocycles. The molecule has 0 aromatic carbocycles. The molecule has 0 spiro atoms. The summed E-state index contributed by atoms with van der Waals surface area (Å²) in [7, 11) is 0. The minimum Gasteiger partial charge on any atom is -0.356 e. The largest absolute Gasteiger partial charge is 1.00 e. The molecule has 0 aliphatic rings. The summed E-state index contributed by atoms with van der Waals surface area (Å²) < 4.78 is 0. The van der Waals surface area contributed by atoms with Crippen LogP contribution in [0.4, 0.5) is 0 Å². The fourth-order valence-electron chi connectivity index (χ4n) is 1.54. The Morgan fingerprint density at radius 1 is 0.381 bits per heavy atom. The maximum Gasteiger partial charge on any atom is 1.00 e. The van der Waals surface area contributed by atoms with Crippen LogP contribution in [-0.4, -0.2) is 30.1 Å². The van der Waals surface area contributed by atoms with E-state index < -0.39 is 10.2 Å². The number of hydrogen-bond acceptors (Lipinski definition) is 10. The zero-order chi connectivity index (χ0) is 31.1. The molecule has 0 unspecified atom stereocenters. The van der Waals surface area contributed by atoms with Gasteiger partial charge in [0.2, 0.25) is 0 Å². The summed E-state index contributed by atoms with van der Waals surface area (Å²) in [5, 5.41) is 34.0. The predicted octanol–water partition coefficient (Wildman–Crippen LogP) is 9.07. The van der Waals surface area contributed by atoms with E-state index in [1.165, 1.54) is 49.6 Å². The summed E-state index contributed by atoms with van der Waals surface area (Å²) in [4.78, 5) is 31.4. The average molecular weight is 932 g/mol. The summed E-state index contributed by atoms with van der Waals surface area (Å²) in [6.07, 6.45) is 12.3. The maximum atomic E-state index is 8.25. The first kappa shape index (κ1) is 47.7. The SMILES string of the molecule is Clc1cncc(Cl)c1.Clc1cncc(Cl)c1.Clc1cncc(Cl)c1.Clc1cncc(Cl)c1.O=[N+]([O-])[O-].O=[N+]([O-])[O-].[Ag+].[Ag+]. The van der Waals surface area contributed by atoms with E-state index in [2.05, 4.69) is 19.9 Å². The van der Waals surface area contributed by atoms with Gasteiger partial charge in [-0.2, -0.15) is 0 Å². The van der Waals surface area contributed by atoms with Crippen molar-refractivity contribution in [2.24, 2.45) is 0 Å². The van der Waals surface area contributed by atoms with Crippen molar-refractivity contribution in [1.82, 2.24) is 19.9 Å². The summed E-state index contributed by atoms with van der Waals surface area (Å²) in [6.45, 7) is 0. The maximum absolute atomic E-state index is 8.25. The minimum absolute atomic E-state index is 0. The van der Waals surface area contributed by atoms with Crippen LogP contribution < -0.4 is 0 Å². The van der Waals surface area contributed by atoms with Crippen LogP contribution in [0, 0.1) is 30.6 Å². The molecule has 0 atom stereocenters. The van der Waals surface area contributed by atoms with Gasteiger partial charge in [0.1, 0.15) is 0 Å². The summed E-state index contributed by atoms with van der Waals surface area (Å²) in [5.41, 5.74) is 0. The Labute approximate surface area is 309 Å². The molecule has 4 aromatic rings. The smallest absolute Gasteiger partial charge is 0.356 e. The van der Waals surface area contributed by atoms with Gasteiger partial charge in [0, 0.05) is 49.6 Å². The van der Waals surface area contributed by atoms with Gasteiger partial charge >= 0.3 is 44.8 Å². The van der Waals surface area contributed by atoms with Gasteiger partial charge in [-0.25, -0.2) is 0 Å². The van der Waals surface area contributed by atoms with E-state index in [0.717, 1.165) is 0 Å². The van der Waals surface area contributed by atoms with Crippen LogP contribution in [0.2, 0.25) is 40.2 Å². The van der Waals surface area contributed by atoms with Crippen molar-refractivity contribution in [2.75, 3.05) is 0 Å². The van der Waals surface area contributed by atoms with Gasteiger partial charge in [0.05, 0.1) is 50.4 Å². The second kappa shape index (κ2) is 29.9. The Hall–Kier alpha value is -1.20. The number of pyridine rings is 4. The van der Waals surface area contributed by atoms with E-state index in [1.54, 1.807) is 24.3 Å². The molecule has 42 heavy (non-hydrogen) atoms. The Morgan fingerprint density at radius 3 is 0.524 bits per heavy atom. The van der Waals surface area contributed by atoms with Gasteiger partial charge in [0.15, 0.2) is 0 Å². The normalized spacial score (nSPS) is 8.19. The molecular formula is C20H12Ag2Cl8N6O6. The van der Waals surface area contributed by atoms with Crippen molar-refractivity contribution in [2.45, 2.75) is 0 Å². The molecule has 236 valence electrons. The van der Waals surface area contributed by atoms with Gasteiger partial charge in [-0.05, 0) is 24.3 Å². The van der Waals surface area contributed by atoms with Gasteiger partial charge in [0.25, 0.3) is 0 Å². The molecule has 0 amide bonds. The molecule has 4 aromatic heterocycles. The van der Waals surface area contributed by atoms with Gasteiger partial charge < -0.3 is 30.6 Å². The Bertz CT molecular complexity index is 1060.